The Labute approximate surface area is 238 Å². The maximum Gasteiger partial charge on any atom is 0.245 e. The highest BCUT2D eigenvalue weighted by Gasteiger charge is 2.34. The number of fused-ring (bicyclic) bond motifs is 1. The second-order valence-electron chi connectivity index (χ2n) is 11.7. The normalized spacial score (nSPS) is 18.4. The third-order valence-corrected chi connectivity index (χ3v) is 8.33. The summed E-state index contributed by atoms with van der Waals surface area (Å²) in [5.74, 6) is 0.721. The van der Waals surface area contributed by atoms with Crippen LogP contribution in [-0.4, -0.2) is 62.6 Å². The van der Waals surface area contributed by atoms with E-state index in [2.05, 4.69) is 48.6 Å². The number of carbonyl (C=O) groups excluding carboxylic acids is 2. The van der Waals surface area contributed by atoms with Gasteiger partial charge in [0.15, 0.2) is 10.9 Å². The minimum Gasteiger partial charge on any atom is -0.379 e. The number of hydrogen-bond acceptors (Lipinski definition) is 5. The lowest BCUT2D eigenvalue weighted by Crippen LogP contribution is -2.50. The Hall–Kier alpha value is -2.68. The van der Waals surface area contributed by atoms with Gasteiger partial charge in [0.25, 0.3) is 0 Å². The average Bonchev–Trinajstić information content (AvgIpc) is 3.42. The van der Waals surface area contributed by atoms with E-state index in [0.717, 1.165) is 40.8 Å². The van der Waals surface area contributed by atoms with E-state index in [4.69, 9.17) is 27.9 Å². The van der Waals surface area contributed by atoms with Crippen LogP contribution in [0.15, 0.2) is 24.8 Å². The lowest BCUT2D eigenvalue weighted by atomic mass is 9.86. The van der Waals surface area contributed by atoms with Crippen molar-refractivity contribution >= 4 is 45.8 Å². The van der Waals surface area contributed by atoms with Gasteiger partial charge in [-0.2, -0.15) is 5.10 Å². The fourth-order valence-corrected chi connectivity index (χ4v) is 6.38. The number of hydrogen-bond donors (Lipinski definition) is 1. The van der Waals surface area contributed by atoms with Crippen LogP contribution in [0.1, 0.15) is 73.6 Å². The first-order valence-corrected chi connectivity index (χ1v) is 14.3. The van der Waals surface area contributed by atoms with E-state index >= 15 is 0 Å². The number of aromatic nitrogens is 4. The van der Waals surface area contributed by atoms with E-state index in [-0.39, 0.29) is 34.2 Å². The minimum absolute atomic E-state index is 0.00209. The first kappa shape index (κ1) is 27.9. The number of rotatable bonds is 8. The predicted octanol–water partition coefficient (Wildman–Crippen LogP) is 5.72. The monoisotopic (exact) mass is 571 g/mol. The molecule has 4 heterocycles. The standard InChI is InChI=1S/C29H35Cl2N5O3/c1-5-26(38)35-14-17(15-35)11-24(37)27-28(31)32-25(36(27)18-7-6-10-39-16-18)9-8-22-19-12-20(29(2,3)4)21(30)13-23(19)34-33-22/h5,12-13,17-18H,1,6-11,14-16H2,2-4H3,(H,33,34). The maximum atomic E-state index is 13.5. The molecule has 2 saturated heterocycles. The quantitative estimate of drug-likeness (QED) is 0.276. The van der Waals surface area contributed by atoms with E-state index in [1.807, 2.05) is 10.6 Å². The summed E-state index contributed by atoms with van der Waals surface area (Å²) < 4.78 is 7.80. The molecule has 0 aliphatic carbocycles. The number of carbonyl (C=O) groups is 2. The third kappa shape index (κ3) is 5.65. The van der Waals surface area contributed by atoms with Gasteiger partial charge in [-0.05, 0) is 48.4 Å². The second kappa shape index (κ2) is 11.1. The lowest BCUT2D eigenvalue weighted by molar-refractivity contribution is -0.132. The molecule has 1 N–H and O–H groups in total. The summed E-state index contributed by atoms with van der Waals surface area (Å²) in [6.07, 6.45) is 4.67. The molecule has 1 atom stereocenters. The summed E-state index contributed by atoms with van der Waals surface area (Å²) in [5, 5.41) is 9.64. The molecule has 39 heavy (non-hydrogen) atoms. The van der Waals surface area contributed by atoms with Crippen molar-refractivity contribution in [3.63, 3.8) is 0 Å². The van der Waals surface area contributed by atoms with Gasteiger partial charge in [0, 0.05) is 54.6 Å². The molecular formula is C29H35Cl2N5O3. The fourth-order valence-electron chi connectivity index (χ4n) is 5.65. The van der Waals surface area contributed by atoms with Crippen molar-refractivity contribution in [1.29, 1.82) is 0 Å². The highest BCUT2D eigenvalue weighted by Crippen LogP contribution is 2.35. The van der Waals surface area contributed by atoms with Gasteiger partial charge in [0.05, 0.1) is 18.2 Å². The third-order valence-electron chi connectivity index (χ3n) is 7.75. The molecule has 2 fully saturated rings. The first-order chi connectivity index (χ1) is 18.6. The van der Waals surface area contributed by atoms with Gasteiger partial charge in [0.1, 0.15) is 11.5 Å². The van der Waals surface area contributed by atoms with Crippen molar-refractivity contribution in [2.45, 2.75) is 64.3 Å². The first-order valence-electron chi connectivity index (χ1n) is 13.5. The molecule has 208 valence electrons. The van der Waals surface area contributed by atoms with Crippen LogP contribution in [0.25, 0.3) is 10.9 Å². The van der Waals surface area contributed by atoms with Gasteiger partial charge in [-0.3, -0.25) is 14.7 Å². The van der Waals surface area contributed by atoms with Crippen molar-refractivity contribution in [2.24, 2.45) is 5.92 Å². The van der Waals surface area contributed by atoms with Crippen LogP contribution in [-0.2, 0) is 27.8 Å². The highest BCUT2D eigenvalue weighted by atomic mass is 35.5. The summed E-state index contributed by atoms with van der Waals surface area (Å²) >= 11 is 13.2. The number of benzene rings is 1. The number of halogens is 2. The van der Waals surface area contributed by atoms with Crippen molar-refractivity contribution in [2.75, 3.05) is 26.3 Å². The van der Waals surface area contributed by atoms with E-state index < -0.39 is 0 Å². The number of imidazole rings is 1. The Balaban J connectivity index is 1.40. The number of H-pyrrole nitrogens is 1. The summed E-state index contributed by atoms with van der Waals surface area (Å²) in [6.45, 7) is 12.3. The zero-order chi connectivity index (χ0) is 27.9. The second-order valence-corrected chi connectivity index (χ2v) is 12.4. The number of amides is 1. The van der Waals surface area contributed by atoms with Crippen LogP contribution in [0.5, 0.6) is 0 Å². The molecule has 0 spiro atoms. The zero-order valence-corrected chi connectivity index (χ0v) is 24.2. The Bertz CT molecular complexity index is 1410. The zero-order valence-electron chi connectivity index (χ0n) is 22.7. The van der Waals surface area contributed by atoms with Gasteiger partial charge in [-0.1, -0.05) is 50.6 Å². The molecule has 0 saturated carbocycles. The number of nitrogens with zero attached hydrogens (tertiary/aromatic N) is 4. The highest BCUT2D eigenvalue weighted by molar-refractivity contribution is 6.32. The largest absolute Gasteiger partial charge is 0.379 e. The molecule has 2 aliphatic rings. The van der Waals surface area contributed by atoms with Gasteiger partial charge >= 0.3 is 0 Å². The SMILES string of the molecule is C=CC(=O)N1CC(CC(=O)c2c(Cl)nc(CCc3[nH]nc4cc(Cl)c(C(C)(C)C)cc34)n2C2CCCOC2)C1. The summed E-state index contributed by atoms with van der Waals surface area (Å²) in [6, 6.07) is 4.03. The summed E-state index contributed by atoms with van der Waals surface area (Å²) in [4.78, 5) is 31.7. The van der Waals surface area contributed by atoms with Gasteiger partial charge in [-0.25, -0.2) is 4.98 Å². The summed E-state index contributed by atoms with van der Waals surface area (Å²) in [7, 11) is 0. The van der Waals surface area contributed by atoms with Gasteiger partial charge in [0.2, 0.25) is 5.91 Å². The molecule has 5 rings (SSSR count). The fraction of sp³-hybridized carbons (Fsp3) is 0.517. The molecule has 8 nitrogen and oxygen atoms in total. The minimum atomic E-state index is -0.105. The Morgan fingerprint density at radius 3 is 2.67 bits per heavy atom. The van der Waals surface area contributed by atoms with E-state index in [1.54, 1.807) is 4.90 Å². The van der Waals surface area contributed by atoms with E-state index in [9.17, 15) is 9.59 Å². The van der Waals surface area contributed by atoms with Crippen LogP contribution in [0.2, 0.25) is 10.2 Å². The van der Waals surface area contributed by atoms with Crippen LogP contribution in [0.4, 0.5) is 0 Å². The van der Waals surface area contributed by atoms with Crippen molar-refractivity contribution in [3.8, 4) is 0 Å². The van der Waals surface area contributed by atoms with Crippen molar-refractivity contribution in [1.82, 2.24) is 24.6 Å². The molecule has 1 aromatic carbocycles. The Morgan fingerprint density at radius 2 is 2.00 bits per heavy atom. The van der Waals surface area contributed by atoms with Crippen molar-refractivity contribution in [3.05, 3.63) is 57.7 Å². The van der Waals surface area contributed by atoms with Gasteiger partial charge < -0.3 is 14.2 Å². The van der Waals surface area contributed by atoms with Crippen molar-refractivity contribution < 1.29 is 14.3 Å². The van der Waals surface area contributed by atoms with E-state index in [0.29, 0.717) is 56.3 Å². The molecule has 2 aliphatic heterocycles. The summed E-state index contributed by atoms with van der Waals surface area (Å²) in [5.41, 5.74) is 3.24. The van der Waals surface area contributed by atoms with Crippen LogP contribution in [0, 0.1) is 5.92 Å². The number of likely N-dealkylation sites (tertiary alicyclic amines) is 1. The Kier molecular flexibility index (Phi) is 7.91. The van der Waals surface area contributed by atoms with Crippen LogP contribution >= 0.6 is 23.2 Å². The van der Waals surface area contributed by atoms with E-state index in [1.165, 1.54) is 6.08 Å². The number of aryl methyl sites for hydroxylation is 2. The van der Waals surface area contributed by atoms with Crippen LogP contribution < -0.4 is 0 Å². The topological polar surface area (TPSA) is 93.1 Å². The molecule has 0 bridgehead atoms. The number of ether oxygens (including phenoxy) is 1. The van der Waals surface area contributed by atoms with Gasteiger partial charge in [-0.15, -0.1) is 0 Å². The molecule has 10 heteroatoms. The Morgan fingerprint density at radius 1 is 1.23 bits per heavy atom. The molecular weight excluding hydrogens is 537 g/mol. The average molecular weight is 573 g/mol. The molecule has 3 aromatic rings. The lowest BCUT2D eigenvalue weighted by Gasteiger charge is -2.38. The number of ketones is 1. The molecule has 1 amide bonds. The molecule has 1 unspecified atom stereocenters. The molecule has 0 radical (unpaired) electrons. The number of nitrogens with one attached hydrogen (secondary N) is 1. The number of Topliss-reactive ketones (excluding diaryl/α,β-unsaturated/α-hetero) is 1. The van der Waals surface area contributed by atoms with Crippen LogP contribution in [0.3, 0.4) is 0 Å². The molecule has 2 aromatic heterocycles. The maximum absolute atomic E-state index is 13.5. The predicted molar refractivity (Wildman–Crippen MR) is 153 cm³/mol. The smallest absolute Gasteiger partial charge is 0.245 e. The number of aromatic amines is 1.